The van der Waals surface area contributed by atoms with Crippen LogP contribution in [0.15, 0.2) is 0 Å². The average molecular weight is 258 g/mol. The minimum atomic E-state index is 0.483. The summed E-state index contributed by atoms with van der Waals surface area (Å²) < 4.78 is 5.24. The van der Waals surface area contributed by atoms with Crippen LogP contribution in [0.5, 0.6) is 0 Å². The zero-order chi connectivity index (χ0) is 12.3. The molecule has 1 rings (SSSR count). The number of hydrogen-bond acceptors (Lipinski definition) is 2. The van der Waals surface area contributed by atoms with Gasteiger partial charge in [-0.25, -0.2) is 0 Å². The molecule has 1 aliphatic rings. The van der Waals surface area contributed by atoms with Gasteiger partial charge >= 0.3 is 0 Å². The maximum atomic E-state index is 5.24. The van der Waals surface area contributed by atoms with Gasteiger partial charge in [0.25, 0.3) is 0 Å². The smallest absolute Gasteiger partial charge is 0.0925 e. The largest absolute Gasteiger partial charge is 0.372 e. The van der Waals surface area contributed by atoms with Gasteiger partial charge in [0, 0.05) is 5.25 Å². The van der Waals surface area contributed by atoms with Crippen molar-refractivity contribution in [2.45, 2.75) is 88.9 Å². The van der Waals surface area contributed by atoms with Crippen molar-refractivity contribution in [2.24, 2.45) is 0 Å². The summed E-state index contributed by atoms with van der Waals surface area (Å²) in [5.74, 6) is 0. The lowest BCUT2D eigenvalue weighted by Crippen LogP contribution is -2.06. The van der Waals surface area contributed by atoms with E-state index in [1.807, 2.05) is 0 Å². The highest BCUT2D eigenvalue weighted by Crippen LogP contribution is 2.23. The van der Waals surface area contributed by atoms with Crippen LogP contribution in [0, 0.1) is 0 Å². The molecule has 2 heteroatoms. The molecular weight excluding hydrogens is 228 g/mol. The van der Waals surface area contributed by atoms with E-state index in [1.165, 1.54) is 70.6 Å². The Kier molecular flexibility index (Phi) is 9.27. The molecule has 0 bridgehead atoms. The highest BCUT2D eigenvalue weighted by molar-refractivity contribution is 7.81. The number of thiol groups is 1. The summed E-state index contributed by atoms with van der Waals surface area (Å²) in [7, 11) is 0. The maximum Gasteiger partial charge on any atom is 0.0925 e. The van der Waals surface area contributed by atoms with Crippen LogP contribution in [-0.4, -0.2) is 18.0 Å². The molecule has 0 spiro atoms. The van der Waals surface area contributed by atoms with E-state index in [9.17, 15) is 0 Å². The van der Waals surface area contributed by atoms with Gasteiger partial charge in [-0.05, 0) is 6.42 Å². The van der Waals surface area contributed by atoms with Gasteiger partial charge in [0.2, 0.25) is 0 Å². The normalized spacial score (nSPS) is 20.5. The Hall–Kier alpha value is 0.310. The van der Waals surface area contributed by atoms with Crippen molar-refractivity contribution in [3.05, 3.63) is 0 Å². The SMILES string of the molecule is CCCCCCCCCCCCC(S)C1CO1. The van der Waals surface area contributed by atoms with E-state index < -0.39 is 0 Å². The van der Waals surface area contributed by atoms with E-state index in [0.29, 0.717) is 11.4 Å². The van der Waals surface area contributed by atoms with Crippen LogP contribution in [0.25, 0.3) is 0 Å². The van der Waals surface area contributed by atoms with Crippen molar-refractivity contribution in [3.8, 4) is 0 Å². The molecular formula is C15H30OS. The summed E-state index contributed by atoms with van der Waals surface area (Å²) in [5, 5.41) is 0.504. The number of ether oxygens (including phenoxy) is 1. The van der Waals surface area contributed by atoms with Gasteiger partial charge < -0.3 is 4.74 Å². The third kappa shape index (κ3) is 8.96. The van der Waals surface area contributed by atoms with Gasteiger partial charge in [-0.15, -0.1) is 0 Å². The summed E-state index contributed by atoms with van der Waals surface area (Å²) >= 11 is 4.55. The molecule has 1 heterocycles. The lowest BCUT2D eigenvalue weighted by atomic mass is 10.0. The molecule has 17 heavy (non-hydrogen) atoms. The molecule has 2 unspecified atom stereocenters. The molecule has 1 aliphatic heterocycles. The maximum absolute atomic E-state index is 5.24. The summed E-state index contributed by atoms with van der Waals surface area (Å²) in [6.45, 7) is 3.23. The molecule has 0 radical (unpaired) electrons. The second-order valence-electron chi connectivity index (χ2n) is 5.41. The first-order chi connectivity index (χ1) is 8.34. The Labute approximate surface area is 113 Å². The number of unbranched alkanes of at least 4 members (excludes halogenated alkanes) is 9. The summed E-state index contributed by atoms with van der Waals surface area (Å²) in [6.07, 6.45) is 15.9. The predicted molar refractivity (Wildman–Crippen MR) is 79.0 cm³/mol. The third-order valence-corrected chi connectivity index (χ3v) is 4.23. The highest BCUT2D eigenvalue weighted by Gasteiger charge is 2.29. The minimum absolute atomic E-state index is 0.483. The predicted octanol–water partition coefficient (Wildman–Crippen LogP) is 4.99. The van der Waals surface area contributed by atoms with E-state index in [-0.39, 0.29) is 0 Å². The van der Waals surface area contributed by atoms with Crippen LogP contribution in [-0.2, 0) is 4.74 Å². The Morgan fingerprint density at radius 3 is 1.88 bits per heavy atom. The molecule has 0 aromatic carbocycles. The Morgan fingerprint density at radius 2 is 1.41 bits per heavy atom. The number of epoxide rings is 1. The Balaban J connectivity index is 1.69. The van der Waals surface area contributed by atoms with Gasteiger partial charge in [0.1, 0.15) is 0 Å². The number of hydrogen-bond donors (Lipinski definition) is 1. The van der Waals surface area contributed by atoms with Crippen molar-refractivity contribution in [3.63, 3.8) is 0 Å². The number of rotatable bonds is 12. The van der Waals surface area contributed by atoms with Crippen LogP contribution in [0.4, 0.5) is 0 Å². The minimum Gasteiger partial charge on any atom is -0.372 e. The van der Waals surface area contributed by atoms with E-state index in [2.05, 4.69) is 19.6 Å². The monoisotopic (exact) mass is 258 g/mol. The molecule has 1 fully saturated rings. The van der Waals surface area contributed by atoms with Gasteiger partial charge in [-0.1, -0.05) is 71.1 Å². The van der Waals surface area contributed by atoms with Gasteiger partial charge in [-0.2, -0.15) is 12.6 Å². The van der Waals surface area contributed by atoms with Crippen LogP contribution in [0.2, 0.25) is 0 Å². The zero-order valence-electron chi connectivity index (χ0n) is 11.5. The van der Waals surface area contributed by atoms with E-state index in [0.717, 1.165) is 6.61 Å². The van der Waals surface area contributed by atoms with E-state index in [4.69, 9.17) is 4.74 Å². The van der Waals surface area contributed by atoms with Crippen molar-refractivity contribution < 1.29 is 4.74 Å². The van der Waals surface area contributed by atoms with E-state index >= 15 is 0 Å². The fourth-order valence-corrected chi connectivity index (χ4v) is 2.66. The van der Waals surface area contributed by atoms with Crippen LogP contribution >= 0.6 is 12.6 Å². The zero-order valence-corrected chi connectivity index (χ0v) is 12.4. The van der Waals surface area contributed by atoms with Crippen LogP contribution < -0.4 is 0 Å². The summed E-state index contributed by atoms with van der Waals surface area (Å²) in [5.41, 5.74) is 0. The third-order valence-electron chi connectivity index (χ3n) is 3.64. The first-order valence-corrected chi connectivity index (χ1v) is 8.16. The fourth-order valence-electron chi connectivity index (χ4n) is 2.30. The molecule has 0 amide bonds. The fraction of sp³-hybridized carbons (Fsp3) is 1.00. The molecule has 0 N–H and O–H groups in total. The molecule has 2 atom stereocenters. The first-order valence-electron chi connectivity index (χ1n) is 7.64. The molecule has 0 aliphatic carbocycles. The Bertz CT molecular complexity index is 168. The quantitative estimate of drug-likeness (QED) is 0.295. The second kappa shape index (κ2) is 10.3. The van der Waals surface area contributed by atoms with Crippen LogP contribution in [0.1, 0.15) is 77.6 Å². The topological polar surface area (TPSA) is 12.5 Å². The van der Waals surface area contributed by atoms with Crippen LogP contribution in [0.3, 0.4) is 0 Å². The van der Waals surface area contributed by atoms with Crippen molar-refractivity contribution in [1.29, 1.82) is 0 Å². The van der Waals surface area contributed by atoms with Crippen molar-refractivity contribution in [1.82, 2.24) is 0 Å². The first kappa shape index (κ1) is 15.4. The van der Waals surface area contributed by atoms with Crippen molar-refractivity contribution in [2.75, 3.05) is 6.61 Å². The van der Waals surface area contributed by atoms with Gasteiger partial charge in [0.15, 0.2) is 0 Å². The molecule has 0 saturated carbocycles. The van der Waals surface area contributed by atoms with Crippen molar-refractivity contribution >= 4 is 12.6 Å². The highest BCUT2D eigenvalue weighted by atomic mass is 32.1. The molecule has 1 nitrogen and oxygen atoms in total. The molecule has 102 valence electrons. The lowest BCUT2D eigenvalue weighted by molar-refractivity contribution is 0.393. The Morgan fingerprint density at radius 1 is 0.941 bits per heavy atom. The molecule has 0 aromatic heterocycles. The molecule has 0 aromatic rings. The standard InChI is InChI=1S/C15H30OS/c1-2-3-4-5-6-7-8-9-10-11-12-15(17)14-13-16-14/h14-15,17H,2-13H2,1H3. The van der Waals surface area contributed by atoms with E-state index in [1.54, 1.807) is 0 Å². The molecule has 1 saturated heterocycles. The second-order valence-corrected chi connectivity index (χ2v) is 6.07. The lowest BCUT2D eigenvalue weighted by Gasteiger charge is -2.06. The summed E-state index contributed by atoms with van der Waals surface area (Å²) in [4.78, 5) is 0. The van der Waals surface area contributed by atoms with Gasteiger partial charge in [0.05, 0.1) is 12.7 Å². The average Bonchev–Trinajstić information content (AvgIpc) is 3.15. The van der Waals surface area contributed by atoms with Gasteiger partial charge in [-0.3, -0.25) is 0 Å². The summed E-state index contributed by atoms with van der Waals surface area (Å²) in [6, 6.07) is 0.